The maximum absolute atomic E-state index is 12.2. The highest BCUT2D eigenvalue weighted by Gasteiger charge is 2.20. The van der Waals surface area contributed by atoms with E-state index in [1.165, 1.54) is 29.2 Å². The number of benzene rings is 1. The van der Waals surface area contributed by atoms with E-state index in [0.29, 0.717) is 0 Å². The van der Waals surface area contributed by atoms with Crippen molar-refractivity contribution in [3.05, 3.63) is 41.2 Å². The van der Waals surface area contributed by atoms with Gasteiger partial charge in [0.25, 0.3) is 10.0 Å². The lowest BCUT2D eigenvalue weighted by Crippen LogP contribution is -2.14. The van der Waals surface area contributed by atoms with Crippen LogP contribution in [0.2, 0.25) is 5.02 Å². The third-order valence-electron chi connectivity index (χ3n) is 2.42. The number of aromatic carboxylic acids is 1. The van der Waals surface area contributed by atoms with Crippen LogP contribution in [0.25, 0.3) is 0 Å². The fraction of sp³-hybridized carbons (Fsp3) is 0.0909. The van der Waals surface area contributed by atoms with Crippen molar-refractivity contribution in [1.82, 2.24) is 9.78 Å². The lowest BCUT2D eigenvalue weighted by atomic mass is 10.2. The van der Waals surface area contributed by atoms with E-state index in [4.69, 9.17) is 16.7 Å². The van der Waals surface area contributed by atoms with Crippen molar-refractivity contribution >= 4 is 33.3 Å². The van der Waals surface area contributed by atoms with E-state index < -0.39 is 16.0 Å². The second-order valence-corrected chi connectivity index (χ2v) is 6.02. The van der Waals surface area contributed by atoms with E-state index in [-0.39, 0.29) is 21.2 Å². The van der Waals surface area contributed by atoms with Gasteiger partial charge in [-0.15, -0.1) is 0 Å². The summed E-state index contributed by atoms with van der Waals surface area (Å²) in [4.78, 5) is 10.6. The van der Waals surface area contributed by atoms with Crippen molar-refractivity contribution in [3.63, 3.8) is 0 Å². The molecule has 0 aliphatic carbocycles. The summed E-state index contributed by atoms with van der Waals surface area (Å²) in [5.74, 6) is -1.24. The second-order valence-electron chi connectivity index (χ2n) is 3.96. The molecule has 2 rings (SSSR count). The molecule has 20 heavy (non-hydrogen) atoms. The highest BCUT2D eigenvalue weighted by atomic mass is 35.5. The van der Waals surface area contributed by atoms with Crippen molar-refractivity contribution in [1.29, 1.82) is 0 Å². The van der Waals surface area contributed by atoms with Gasteiger partial charge in [0, 0.05) is 13.2 Å². The van der Waals surface area contributed by atoms with Crippen LogP contribution in [0.1, 0.15) is 10.4 Å². The Labute approximate surface area is 119 Å². The quantitative estimate of drug-likeness (QED) is 0.891. The summed E-state index contributed by atoms with van der Waals surface area (Å²) < 4.78 is 28.1. The molecule has 2 aromatic rings. The van der Waals surface area contributed by atoms with Gasteiger partial charge in [0.05, 0.1) is 22.5 Å². The second kappa shape index (κ2) is 5.14. The van der Waals surface area contributed by atoms with Gasteiger partial charge in [0.2, 0.25) is 0 Å². The molecule has 0 unspecified atom stereocenters. The van der Waals surface area contributed by atoms with Crippen LogP contribution in [0.3, 0.4) is 0 Å². The number of rotatable bonds is 4. The van der Waals surface area contributed by atoms with Crippen LogP contribution in [0.15, 0.2) is 35.5 Å². The Morgan fingerprint density at radius 3 is 2.70 bits per heavy atom. The summed E-state index contributed by atoms with van der Waals surface area (Å²) in [5.41, 5.74) is 0.0882. The number of hydrogen-bond donors (Lipinski definition) is 2. The topological polar surface area (TPSA) is 101 Å². The van der Waals surface area contributed by atoms with E-state index in [2.05, 4.69) is 9.82 Å². The van der Waals surface area contributed by atoms with E-state index in [1.54, 1.807) is 7.05 Å². The molecule has 0 radical (unpaired) electrons. The summed E-state index contributed by atoms with van der Waals surface area (Å²) in [6.45, 7) is 0. The van der Waals surface area contributed by atoms with Gasteiger partial charge in [0.15, 0.2) is 0 Å². The molecule has 0 saturated carbocycles. The molecule has 0 atom stereocenters. The Morgan fingerprint density at radius 1 is 1.45 bits per heavy atom. The minimum absolute atomic E-state index is 0.0635. The lowest BCUT2D eigenvalue weighted by Gasteiger charge is -2.08. The molecule has 1 aromatic heterocycles. The average Bonchev–Trinajstić information content (AvgIpc) is 2.73. The number of hydrogen-bond acceptors (Lipinski definition) is 4. The average molecular weight is 316 g/mol. The van der Waals surface area contributed by atoms with Crippen molar-refractivity contribution in [2.24, 2.45) is 7.05 Å². The van der Waals surface area contributed by atoms with Crippen LogP contribution in [-0.2, 0) is 17.1 Å². The number of nitrogens with one attached hydrogen (secondary N) is 1. The van der Waals surface area contributed by atoms with Gasteiger partial charge in [-0.25, -0.2) is 13.2 Å². The Kier molecular flexibility index (Phi) is 3.69. The highest BCUT2D eigenvalue weighted by molar-refractivity contribution is 7.92. The van der Waals surface area contributed by atoms with Crippen LogP contribution >= 0.6 is 11.6 Å². The minimum atomic E-state index is -3.99. The molecule has 106 valence electrons. The Morgan fingerprint density at radius 2 is 2.15 bits per heavy atom. The SMILES string of the molecule is Cn1cc(NS(=O)(=O)c2cc(C(=O)O)ccc2Cl)cn1. The number of anilines is 1. The Balaban J connectivity index is 2.43. The molecule has 0 saturated heterocycles. The molecule has 1 heterocycles. The zero-order valence-corrected chi connectivity index (χ0v) is 11.8. The molecular formula is C11H10ClN3O4S. The first-order chi connectivity index (χ1) is 9.29. The first-order valence-electron chi connectivity index (χ1n) is 5.34. The summed E-state index contributed by atoms with van der Waals surface area (Å²) in [6, 6.07) is 3.46. The van der Waals surface area contributed by atoms with Crippen molar-refractivity contribution < 1.29 is 18.3 Å². The zero-order chi connectivity index (χ0) is 14.9. The zero-order valence-electron chi connectivity index (χ0n) is 10.2. The van der Waals surface area contributed by atoms with Crippen LogP contribution in [0.5, 0.6) is 0 Å². The number of aryl methyl sites for hydroxylation is 1. The van der Waals surface area contributed by atoms with Crippen molar-refractivity contribution in [3.8, 4) is 0 Å². The van der Waals surface area contributed by atoms with Gasteiger partial charge >= 0.3 is 5.97 Å². The smallest absolute Gasteiger partial charge is 0.335 e. The number of halogens is 1. The van der Waals surface area contributed by atoms with Crippen molar-refractivity contribution in [2.45, 2.75) is 4.90 Å². The Bertz CT molecular complexity index is 770. The molecule has 0 spiro atoms. The summed E-state index contributed by atoms with van der Waals surface area (Å²) in [6.07, 6.45) is 2.79. The standard InChI is InChI=1S/C11H10ClN3O4S/c1-15-6-8(5-13-15)14-20(18,19)10-4-7(11(16)17)2-3-9(10)12/h2-6,14H,1H3,(H,16,17). The van der Waals surface area contributed by atoms with Gasteiger partial charge < -0.3 is 5.11 Å². The van der Waals surface area contributed by atoms with Gasteiger partial charge in [-0.1, -0.05) is 11.6 Å². The minimum Gasteiger partial charge on any atom is -0.478 e. The van der Waals surface area contributed by atoms with E-state index in [1.807, 2.05) is 0 Å². The van der Waals surface area contributed by atoms with Gasteiger partial charge in [-0.2, -0.15) is 5.10 Å². The predicted molar refractivity (Wildman–Crippen MR) is 72.4 cm³/mol. The highest BCUT2D eigenvalue weighted by Crippen LogP contribution is 2.24. The van der Waals surface area contributed by atoms with Crippen LogP contribution < -0.4 is 4.72 Å². The number of nitrogens with zero attached hydrogens (tertiary/aromatic N) is 2. The number of aromatic nitrogens is 2. The molecule has 2 N–H and O–H groups in total. The monoisotopic (exact) mass is 315 g/mol. The van der Waals surface area contributed by atoms with Crippen LogP contribution in [-0.4, -0.2) is 29.3 Å². The predicted octanol–water partition coefficient (Wildman–Crippen LogP) is 1.57. The fourth-order valence-electron chi connectivity index (χ4n) is 1.53. The van der Waals surface area contributed by atoms with Gasteiger partial charge in [0.1, 0.15) is 4.90 Å². The molecule has 7 nitrogen and oxygen atoms in total. The fourth-order valence-corrected chi connectivity index (χ4v) is 3.08. The molecule has 0 fully saturated rings. The van der Waals surface area contributed by atoms with E-state index in [0.717, 1.165) is 6.07 Å². The van der Waals surface area contributed by atoms with Crippen molar-refractivity contribution in [2.75, 3.05) is 4.72 Å². The maximum Gasteiger partial charge on any atom is 0.335 e. The van der Waals surface area contributed by atoms with Crippen LogP contribution in [0.4, 0.5) is 5.69 Å². The maximum atomic E-state index is 12.2. The number of carboxylic acid groups (broad SMARTS) is 1. The number of sulfonamides is 1. The lowest BCUT2D eigenvalue weighted by molar-refractivity contribution is 0.0696. The van der Waals surface area contributed by atoms with Crippen LogP contribution in [0, 0.1) is 0 Å². The van der Waals surface area contributed by atoms with Gasteiger partial charge in [-0.3, -0.25) is 9.40 Å². The molecular weight excluding hydrogens is 306 g/mol. The van der Waals surface area contributed by atoms with E-state index in [9.17, 15) is 13.2 Å². The Hall–Kier alpha value is -2.06. The third-order valence-corrected chi connectivity index (χ3v) is 4.29. The molecule has 0 amide bonds. The molecule has 9 heteroatoms. The molecule has 1 aromatic carbocycles. The normalized spacial score (nSPS) is 11.3. The van der Waals surface area contributed by atoms with Gasteiger partial charge in [-0.05, 0) is 18.2 Å². The first kappa shape index (κ1) is 14.4. The van der Waals surface area contributed by atoms with E-state index >= 15 is 0 Å². The largest absolute Gasteiger partial charge is 0.478 e. The molecule has 0 aliphatic heterocycles. The number of carboxylic acids is 1. The summed E-state index contributed by atoms with van der Waals surface area (Å²) in [5, 5.41) is 12.6. The molecule has 0 aliphatic rings. The summed E-state index contributed by atoms with van der Waals surface area (Å²) in [7, 11) is -2.35. The summed E-state index contributed by atoms with van der Waals surface area (Å²) >= 11 is 5.82. The number of carbonyl (C=O) groups is 1. The molecule has 0 bridgehead atoms. The third kappa shape index (κ3) is 2.91. The first-order valence-corrected chi connectivity index (χ1v) is 7.20.